The van der Waals surface area contributed by atoms with Gasteiger partial charge in [-0.2, -0.15) is 13.2 Å². The molecule has 25 heavy (non-hydrogen) atoms. The number of carbonyl (C=O) groups is 1. The number of hydrogen-bond acceptors (Lipinski definition) is 1. The number of fused-ring (bicyclic) bond motifs is 3. The lowest BCUT2D eigenvalue weighted by Crippen LogP contribution is -2.13. The summed E-state index contributed by atoms with van der Waals surface area (Å²) in [6.07, 6.45) is -2.29. The first kappa shape index (κ1) is 15.9. The average molecular weight is 340 g/mol. The van der Waals surface area contributed by atoms with Gasteiger partial charge in [0.15, 0.2) is 5.78 Å². The predicted octanol–water partition coefficient (Wildman–Crippen LogP) is 6.04. The van der Waals surface area contributed by atoms with Gasteiger partial charge in [0.1, 0.15) is 0 Å². The minimum Gasteiger partial charge on any atom is -0.294 e. The van der Waals surface area contributed by atoms with Gasteiger partial charge in [0.05, 0.1) is 5.56 Å². The fourth-order valence-corrected chi connectivity index (χ4v) is 3.62. The van der Waals surface area contributed by atoms with Gasteiger partial charge in [0.25, 0.3) is 0 Å². The van der Waals surface area contributed by atoms with Crippen molar-refractivity contribution in [3.63, 3.8) is 0 Å². The Labute approximate surface area is 143 Å². The van der Waals surface area contributed by atoms with Crippen LogP contribution in [0.4, 0.5) is 13.2 Å². The molecule has 0 aliphatic heterocycles. The average Bonchev–Trinajstić information content (AvgIpc) is 2.60. The van der Waals surface area contributed by atoms with Gasteiger partial charge in [-0.25, -0.2) is 0 Å². The zero-order chi connectivity index (χ0) is 17.6. The highest BCUT2D eigenvalue weighted by molar-refractivity contribution is 6.12. The molecule has 4 rings (SSSR count). The summed E-state index contributed by atoms with van der Waals surface area (Å²) in [6.45, 7) is 0. The summed E-state index contributed by atoms with van der Waals surface area (Å²) in [4.78, 5) is 12.5. The maximum Gasteiger partial charge on any atom is 0.416 e. The smallest absolute Gasteiger partial charge is 0.294 e. The summed E-state index contributed by atoms with van der Waals surface area (Å²) < 4.78 is 38.4. The second-order valence-electron chi connectivity index (χ2n) is 6.35. The topological polar surface area (TPSA) is 17.1 Å². The Balaban J connectivity index is 1.95. The normalized spacial score (nSPS) is 14.6. The van der Waals surface area contributed by atoms with Crippen molar-refractivity contribution in [1.29, 1.82) is 0 Å². The van der Waals surface area contributed by atoms with E-state index in [9.17, 15) is 18.0 Å². The van der Waals surface area contributed by atoms with Gasteiger partial charge in [-0.05, 0) is 58.5 Å². The molecule has 0 aromatic heterocycles. The van der Waals surface area contributed by atoms with Crippen molar-refractivity contribution in [2.24, 2.45) is 0 Å². The molecule has 0 heterocycles. The molecule has 0 bridgehead atoms. The molecule has 0 atom stereocenters. The zero-order valence-electron chi connectivity index (χ0n) is 13.4. The monoisotopic (exact) mass is 340 g/mol. The van der Waals surface area contributed by atoms with Crippen LogP contribution in [-0.4, -0.2) is 5.78 Å². The summed E-state index contributed by atoms with van der Waals surface area (Å²) >= 11 is 0. The van der Waals surface area contributed by atoms with E-state index >= 15 is 0 Å². The van der Waals surface area contributed by atoms with Crippen molar-refractivity contribution in [2.45, 2.75) is 25.4 Å². The Bertz CT molecular complexity index is 969. The van der Waals surface area contributed by atoms with Crippen LogP contribution < -0.4 is 0 Å². The molecule has 4 heteroatoms. The standard InChI is InChI=1S/C21H15F3O/c22-21(23,24)15-10-8-13(9-11-15)18-12-14-4-1-2-5-16(14)20-17(18)6-3-7-19(20)25/h1-2,4-5,8-12H,3,6-7H2. The number of Topliss-reactive ketones (excluding diaryl/α,β-unsaturated/α-hetero) is 1. The first-order chi connectivity index (χ1) is 11.9. The number of benzene rings is 3. The molecule has 1 aliphatic carbocycles. The second-order valence-corrected chi connectivity index (χ2v) is 6.35. The number of halogens is 3. The molecule has 0 fully saturated rings. The Morgan fingerprint density at radius 3 is 2.32 bits per heavy atom. The lowest BCUT2D eigenvalue weighted by atomic mass is 9.82. The highest BCUT2D eigenvalue weighted by Gasteiger charge is 2.30. The van der Waals surface area contributed by atoms with E-state index in [1.54, 1.807) is 0 Å². The number of ketones is 1. The lowest BCUT2D eigenvalue weighted by Gasteiger charge is -2.21. The SMILES string of the molecule is O=C1CCCc2c(-c3ccc(C(F)(F)F)cc3)cc3ccccc3c21. The van der Waals surface area contributed by atoms with Crippen molar-refractivity contribution >= 4 is 16.6 Å². The molecule has 126 valence electrons. The van der Waals surface area contributed by atoms with Gasteiger partial charge >= 0.3 is 6.18 Å². The molecule has 0 unspecified atom stereocenters. The van der Waals surface area contributed by atoms with Gasteiger partial charge in [0, 0.05) is 12.0 Å². The van der Waals surface area contributed by atoms with E-state index in [1.807, 2.05) is 30.3 Å². The molecule has 0 amide bonds. The molecule has 0 saturated carbocycles. The maximum absolute atomic E-state index is 12.8. The summed E-state index contributed by atoms with van der Waals surface area (Å²) in [5.74, 6) is 0.117. The van der Waals surface area contributed by atoms with Crippen molar-refractivity contribution in [2.75, 3.05) is 0 Å². The number of hydrogen-bond donors (Lipinski definition) is 0. The first-order valence-corrected chi connectivity index (χ1v) is 8.20. The summed E-state index contributed by atoms with van der Waals surface area (Å²) in [6, 6.07) is 14.8. The molecule has 0 N–H and O–H groups in total. The molecule has 0 spiro atoms. The molecule has 0 radical (unpaired) electrons. The Kier molecular flexibility index (Phi) is 3.64. The minimum atomic E-state index is -4.35. The fraction of sp³-hybridized carbons (Fsp3) is 0.190. The van der Waals surface area contributed by atoms with Crippen LogP contribution in [0.3, 0.4) is 0 Å². The minimum absolute atomic E-state index is 0.117. The highest BCUT2D eigenvalue weighted by atomic mass is 19.4. The van der Waals surface area contributed by atoms with Crippen LogP contribution in [0, 0.1) is 0 Å². The van der Waals surface area contributed by atoms with Crippen LogP contribution in [0.15, 0.2) is 54.6 Å². The van der Waals surface area contributed by atoms with E-state index in [-0.39, 0.29) is 5.78 Å². The van der Waals surface area contributed by atoms with Gasteiger partial charge in [-0.15, -0.1) is 0 Å². The van der Waals surface area contributed by atoms with Crippen LogP contribution in [0.2, 0.25) is 0 Å². The third-order valence-electron chi connectivity index (χ3n) is 4.79. The van der Waals surface area contributed by atoms with E-state index in [0.717, 1.165) is 52.4 Å². The van der Waals surface area contributed by atoms with Crippen molar-refractivity contribution in [1.82, 2.24) is 0 Å². The quantitative estimate of drug-likeness (QED) is 0.527. The summed E-state index contributed by atoms with van der Waals surface area (Å²) in [5, 5.41) is 1.87. The van der Waals surface area contributed by atoms with Gasteiger partial charge in [0.2, 0.25) is 0 Å². The van der Waals surface area contributed by atoms with Crippen LogP contribution in [0.5, 0.6) is 0 Å². The van der Waals surface area contributed by atoms with Gasteiger partial charge < -0.3 is 0 Å². The van der Waals surface area contributed by atoms with Crippen molar-refractivity contribution in [3.8, 4) is 11.1 Å². The van der Waals surface area contributed by atoms with Crippen LogP contribution >= 0.6 is 0 Å². The summed E-state index contributed by atoms with van der Waals surface area (Å²) in [5.41, 5.74) is 2.59. The van der Waals surface area contributed by atoms with E-state index in [4.69, 9.17) is 0 Å². The molecule has 3 aromatic rings. The van der Waals surface area contributed by atoms with Gasteiger partial charge in [-0.1, -0.05) is 36.4 Å². The van der Waals surface area contributed by atoms with E-state index in [0.29, 0.717) is 12.0 Å². The van der Waals surface area contributed by atoms with Crippen molar-refractivity contribution < 1.29 is 18.0 Å². The predicted molar refractivity (Wildman–Crippen MR) is 91.7 cm³/mol. The Morgan fingerprint density at radius 1 is 0.880 bits per heavy atom. The largest absolute Gasteiger partial charge is 0.416 e. The summed E-state index contributed by atoms with van der Waals surface area (Å²) in [7, 11) is 0. The third-order valence-corrected chi connectivity index (χ3v) is 4.79. The van der Waals surface area contributed by atoms with Crippen LogP contribution in [0.25, 0.3) is 21.9 Å². The maximum atomic E-state index is 12.8. The number of carbonyl (C=O) groups excluding carboxylic acids is 1. The van der Waals surface area contributed by atoms with E-state index in [1.165, 1.54) is 12.1 Å². The first-order valence-electron chi connectivity index (χ1n) is 8.20. The molecular weight excluding hydrogens is 325 g/mol. The Hall–Kier alpha value is -2.62. The Morgan fingerprint density at radius 2 is 1.60 bits per heavy atom. The molecule has 0 saturated heterocycles. The van der Waals surface area contributed by atoms with E-state index < -0.39 is 11.7 Å². The van der Waals surface area contributed by atoms with Gasteiger partial charge in [-0.3, -0.25) is 4.79 Å². The highest BCUT2D eigenvalue weighted by Crippen LogP contribution is 2.38. The molecular formula is C21H15F3O. The molecule has 3 aromatic carbocycles. The van der Waals surface area contributed by atoms with E-state index in [2.05, 4.69) is 0 Å². The van der Waals surface area contributed by atoms with Crippen molar-refractivity contribution in [3.05, 3.63) is 71.3 Å². The second kappa shape index (κ2) is 5.73. The number of rotatable bonds is 1. The molecule has 1 aliphatic rings. The van der Waals surface area contributed by atoms with Crippen LogP contribution in [0.1, 0.15) is 34.3 Å². The number of alkyl halides is 3. The fourth-order valence-electron chi connectivity index (χ4n) is 3.62. The zero-order valence-corrected chi connectivity index (χ0v) is 13.4. The third kappa shape index (κ3) is 2.72. The molecule has 1 nitrogen and oxygen atoms in total. The van der Waals surface area contributed by atoms with Crippen LogP contribution in [-0.2, 0) is 12.6 Å². The lowest BCUT2D eigenvalue weighted by molar-refractivity contribution is -0.137.